The summed E-state index contributed by atoms with van der Waals surface area (Å²) in [4.78, 5) is 9.94. The van der Waals surface area contributed by atoms with Gasteiger partial charge in [-0.1, -0.05) is 16.9 Å². The van der Waals surface area contributed by atoms with Gasteiger partial charge in [-0.2, -0.15) is 0 Å². The predicted molar refractivity (Wildman–Crippen MR) is 44.5 cm³/mol. The van der Waals surface area contributed by atoms with E-state index in [2.05, 4.69) is 6.58 Å². The normalized spacial score (nSPS) is 9.00. The third-order valence-electron chi connectivity index (χ3n) is 0.598. The molecule has 0 radical (unpaired) electrons. The minimum Gasteiger partial charge on any atom is -0.252 e. The van der Waals surface area contributed by atoms with Gasteiger partial charge in [0.15, 0.2) is 0 Å². The summed E-state index contributed by atoms with van der Waals surface area (Å²) < 4.78 is 12.7. The average molecular weight is 181 g/mol. The highest BCUT2D eigenvalue weighted by Crippen LogP contribution is 2.24. The first-order valence-electron chi connectivity index (χ1n) is 2.52. The Morgan fingerprint density at radius 1 is 1.90 bits per heavy atom. The van der Waals surface area contributed by atoms with Crippen molar-refractivity contribution in [3.63, 3.8) is 0 Å². The fraction of sp³-hybridized carbons (Fsp3) is 0.400. The molecule has 0 saturated heterocycles. The van der Waals surface area contributed by atoms with Crippen molar-refractivity contribution in [3.8, 4) is 0 Å². The molecule has 1 amide bonds. The molecule has 5 heteroatoms. The maximum absolute atomic E-state index is 11.7. The molecule has 2 nitrogen and oxygen atoms in total. The second-order valence-corrected chi connectivity index (χ2v) is 3.82. The van der Waals surface area contributed by atoms with Crippen molar-refractivity contribution in [2.75, 3.05) is 12.8 Å². The summed E-state index contributed by atoms with van der Waals surface area (Å²) in [5.74, 6) is 0.697. The van der Waals surface area contributed by atoms with Crippen molar-refractivity contribution in [2.24, 2.45) is 0 Å². The maximum Gasteiger partial charge on any atom is 0.410 e. The van der Waals surface area contributed by atoms with E-state index in [0.717, 1.165) is 15.3 Å². The molecule has 0 aromatic carbocycles. The zero-order chi connectivity index (χ0) is 7.98. The molecule has 58 valence electrons. The van der Waals surface area contributed by atoms with Gasteiger partial charge in [-0.05, 0) is 0 Å². The van der Waals surface area contributed by atoms with Crippen molar-refractivity contribution in [1.82, 2.24) is 4.31 Å². The van der Waals surface area contributed by atoms with Crippen molar-refractivity contribution in [1.29, 1.82) is 0 Å². The summed E-state index contributed by atoms with van der Waals surface area (Å²) in [5.41, 5.74) is 0. The maximum atomic E-state index is 11.7. The fourth-order valence-corrected chi connectivity index (χ4v) is 1.68. The third-order valence-corrected chi connectivity index (χ3v) is 2.84. The predicted octanol–water partition coefficient (Wildman–Crippen LogP) is 2.49. The van der Waals surface area contributed by atoms with Crippen molar-refractivity contribution < 1.29 is 9.18 Å². The third kappa shape index (κ3) is 4.69. The first kappa shape index (κ1) is 9.84. The largest absolute Gasteiger partial charge is 0.410 e. The lowest BCUT2D eigenvalue weighted by Gasteiger charge is -2.07. The number of hydrogen-bond acceptors (Lipinski definition) is 3. The molecule has 0 fully saturated rings. The summed E-state index contributed by atoms with van der Waals surface area (Å²) in [6, 6.07) is 0. The Bertz CT molecular complexity index is 131. The molecular formula is C5H8FNOS2. The Morgan fingerprint density at radius 3 is 2.90 bits per heavy atom. The van der Waals surface area contributed by atoms with Crippen LogP contribution in [0.4, 0.5) is 9.18 Å². The van der Waals surface area contributed by atoms with Crippen LogP contribution in [-0.2, 0) is 0 Å². The highest BCUT2D eigenvalue weighted by Gasteiger charge is 2.05. The van der Waals surface area contributed by atoms with Gasteiger partial charge in [-0.3, -0.25) is 4.31 Å². The lowest BCUT2D eigenvalue weighted by atomic mass is 10.8. The Labute approximate surface area is 67.4 Å². The van der Waals surface area contributed by atoms with Gasteiger partial charge >= 0.3 is 6.16 Å². The van der Waals surface area contributed by atoms with Crippen molar-refractivity contribution in [2.45, 2.75) is 0 Å². The van der Waals surface area contributed by atoms with Gasteiger partial charge in [0.25, 0.3) is 0 Å². The molecule has 0 aliphatic carbocycles. The number of carbonyl (C=O) groups excluding carboxylic acids is 1. The van der Waals surface area contributed by atoms with E-state index in [-0.39, 0.29) is 0 Å². The van der Waals surface area contributed by atoms with Gasteiger partial charge in [0.05, 0.1) is 0 Å². The minimum absolute atomic E-state index is 0.697. The smallest absolute Gasteiger partial charge is 0.252 e. The van der Waals surface area contributed by atoms with E-state index in [1.54, 1.807) is 6.08 Å². The molecule has 0 aromatic rings. The van der Waals surface area contributed by atoms with Crippen LogP contribution in [-0.4, -0.2) is 23.3 Å². The standard InChI is InChI=1S/C5H8FNOS2/c1-3-4-9-10-7(2)5(6)8/h3H,1,4H2,2H3. The average Bonchev–Trinajstić information content (AvgIpc) is 1.88. The summed E-state index contributed by atoms with van der Waals surface area (Å²) in [7, 11) is 3.79. The van der Waals surface area contributed by atoms with Crippen molar-refractivity contribution in [3.05, 3.63) is 12.7 Å². The highest BCUT2D eigenvalue weighted by molar-refractivity contribution is 8.76. The van der Waals surface area contributed by atoms with Gasteiger partial charge in [0.2, 0.25) is 0 Å². The monoisotopic (exact) mass is 181 g/mol. The number of rotatable bonds is 4. The zero-order valence-electron chi connectivity index (χ0n) is 5.54. The lowest BCUT2D eigenvalue weighted by Crippen LogP contribution is -2.10. The summed E-state index contributed by atoms with van der Waals surface area (Å²) in [6.07, 6.45) is 0.260. The molecule has 0 heterocycles. The van der Waals surface area contributed by atoms with E-state index in [0.29, 0.717) is 5.75 Å². The van der Waals surface area contributed by atoms with E-state index >= 15 is 0 Å². The van der Waals surface area contributed by atoms with Gasteiger partial charge in [0.1, 0.15) is 0 Å². The first-order valence-corrected chi connectivity index (χ1v) is 4.79. The van der Waals surface area contributed by atoms with Crippen LogP contribution in [0.15, 0.2) is 12.7 Å². The van der Waals surface area contributed by atoms with Crippen LogP contribution in [0.5, 0.6) is 0 Å². The Morgan fingerprint density at radius 2 is 2.50 bits per heavy atom. The number of halogens is 1. The number of hydrogen-bond donors (Lipinski definition) is 0. The number of nitrogens with zero attached hydrogens (tertiary/aromatic N) is 1. The second-order valence-electron chi connectivity index (χ2n) is 1.40. The molecule has 0 aliphatic heterocycles. The van der Waals surface area contributed by atoms with E-state index in [9.17, 15) is 9.18 Å². The Balaban J connectivity index is 3.30. The molecule has 0 saturated carbocycles. The first-order chi connectivity index (χ1) is 4.68. The lowest BCUT2D eigenvalue weighted by molar-refractivity contribution is 0.210. The molecular weight excluding hydrogens is 173 g/mol. The van der Waals surface area contributed by atoms with E-state index in [4.69, 9.17) is 0 Å². The molecule has 0 aliphatic rings. The molecule has 0 unspecified atom stereocenters. The van der Waals surface area contributed by atoms with Crippen molar-refractivity contribution >= 4 is 27.9 Å². The fourth-order valence-electron chi connectivity index (χ4n) is 0.187. The molecule has 10 heavy (non-hydrogen) atoms. The molecule has 0 bridgehead atoms. The van der Waals surface area contributed by atoms with E-state index in [1.165, 1.54) is 17.8 Å². The number of amides is 1. The SMILES string of the molecule is C=CCSSN(C)C(=O)F. The molecule has 0 aromatic heterocycles. The van der Waals surface area contributed by atoms with Gasteiger partial charge in [0, 0.05) is 23.8 Å². The summed E-state index contributed by atoms with van der Waals surface area (Å²) in [6.45, 7) is 3.47. The van der Waals surface area contributed by atoms with E-state index < -0.39 is 6.16 Å². The van der Waals surface area contributed by atoms with Gasteiger partial charge < -0.3 is 0 Å². The van der Waals surface area contributed by atoms with Crippen LogP contribution < -0.4 is 0 Å². The molecule has 0 rings (SSSR count). The van der Waals surface area contributed by atoms with Crippen LogP contribution in [0.1, 0.15) is 0 Å². The Hall–Kier alpha value is -0.160. The van der Waals surface area contributed by atoms with Crippen LogP contribution in [0.2, 0.25) is 0 Å². The van der Waals surface area contributed by atoms with Crippen LogP contribution >= 0.6 is 21.8 Å². The summed E-state index contributed by atoms with van der Waals surface area (Å²) in [5, 5.41) is 0. The minimum atomic E-state index is -1.43. The van der Waals surface area contributed by atoms with E-state index in [1.807, 2.05) is 0 Å². The van der Waals surface area contributed by atoms with Gasteiger partial charge in [-0.15, -0.1) is 11.0 Å². The summed E-state index contributed by atoms with van der Waals surface area (Å²) >= 11 is 0. The van der Waals surface area contributed by atoms with Crippen LogP contribution in [0.3, 0.4) is 0 Å². The van der Waals surface area contributed by atoms with Crippen LogP contribution in [0.25, 0.3) is 0 Å². The topological polar surface area (TPSA) is 20.3 Å². The zero-order valence-corrected chi connectivity index (χ0v) is 7.17. The van der Waals surface area contributed by atoms with Gasteiger partial charge in [-0.25, -0.2) is 4.79 Å². The Kier molecular flexibility index (Phi) is 5.52. The quantitative estimate of drug-likeness (QED) is 0.166. The molecule has 0 atom stereocenters. The highest BCUT2D eigenvalue weighted by atomic mass is 33.1. The number of carbonyl (C=O) groups is 1. The second kappa shape index (κ2) is 5.61. The molecule has 0 spiro atoms. The molecule has 0 N–H and O–H groups in total. The van der Waals surface area contributed by atoms with Crippen LogP contribution in [0, 0.1) is 0 Å².